The number of alkyl halides is 6. The maximum Gasteiger partial charge on any atom is 0.490 e. The molecule has 2 amide bonds. The normalized spacial score (nSPS) is 11.1. The second kappa shape index (κ2) is 25.5. The van der Waals surface area contributed by atoms with E-state index in [1.54, 1.807) is 54.6 Å². The minimum absolute atomic E-state index is 0.0119. The molecule has 0 unspecified atom stereocenters. The number of pyridine rings is 4. The molecular weight excluding hydrogens is 1160 g/mol. The van der Waals surface area contributed by atoms with Gasteiger partial charge in [-0.15, -0.1) is 20.4 Å². The van der Waals surface area contributed by atoms with E-state index in [1.807, 2.05) is 0 Å². The zero-order valence-electron chi connectivity index (χ0n) is 41.9. The monoisotopic (exact) mass is 1190 g/mol. The van der Waals surface area contributed by atoms with Gasteiger partial charge in [0, 0.05) is 74.7 Å². The Labute approximate surface area is 465 Å². The van der Waals surface area contributed by atoms with E-state index in [2.05, 4.69) is 77.1 Å². The van der Waals surface area contributed by atoms with Crippen molar-refractivity contribution in [1.29, 1.82) is 0 Å². The average Bonchev–Trinajstić information content (AvgIpc) is 4.36. The van der Waals surface area contributed by atoms with E-state index in [0.717, 1.165) is 28.9 Å². The minimum Gasteiger partial charge on any atom is -0.481 e. The molecular formula is C52H36BBrF8N14O6. The van der Waals surface area contributed by atoms with Crippen molar-refractivity contribution in [3.8, 4) is 57.0 Å². The van der Waals surface area contributed by atoms with Gasteiger partial charge < -0.3 is 30.2 Å². The highest BCUT2D eigenvalue weighted by Gasteiger charge is 2.38. The highest BCUT2D eigenvalue weighted by atomic mass is 79.9. The third kappa shape index (κ3) is 14.8. The Kier molecular flexibility index (Phi) is 18.1. The van der Waals surface area contributed by atoms with E-state index in [4.69, 9.17) is 19.5 Å². The molecule has 0 radical (unpaired) electrons. The number of carbonyl (C=O) groups excluding carboxylic acids is 2. The summed E-state index contributed by atoms with van der Waals surface area (Å²) in [6.07, 6.45) is -4.31. The number of rotatable bonds is 12. The lowest BCUT2D eigenvalue weighted by molar-refractivity contribution is -0.143. The first-order chi connectivity index (χ1) is 39.1. The van der Waals surface area contributed by atoms with Crippen LogP contribution in [0.5, 0.6) is 11.8 Å². The molecule has 416 valence electrons. The third-order valence-electron chi connectivity index (χ3n) is 11.0. The van der Waals surface area contributed by atoms with E-state index in [9.17, 15) is 44.7 Å². The van der Waals surface area contributed by atoms with Gasteiger partial charge in [-0.1, -0.05) is 40.2 Å². The van der Waals surface area contributed by atoms with Crippen LogP contribution in [0.3, 0.4) is 0 Å². The first-order valence-electron chi connectivity index (χ1n) is 23.3. The van der Waals surface area contributed by atoms with Crippen LogP contribution in [0.1, 0.15) is 32.1 Å². The summed E-state index contributed by atoms with van der Waals surface area (Å²) < 4.78 is 119. The van der Waals surface area contributed by atoms with Crippen molar-refractivity contribution in [3.63, 3.8) is 0 Å². The highest BCUT2D eigenvalue weighted by molar-refractivity contribution is 9.10. The Bertz CT molecular complexity index is 3810. The van der Waals surface area contributed by atoms with Gasteiger partial charge in [-0.05, 0) is 103 Å². The molecule has 0 aliphatic rings. The standard InChI is InChI=1S/C26H17F4N7O2.C21H14BrF3N6O2.C5H5BFNO2/c1-39-24-10-6-18(14-32-24)19-12-20(26(28,29)30)37(36-19)23-9-8-22(34-35-23)33-25(38)16-4-2-3-15(11-16)17-5-7-21(27)31-13-17;1-33-19-8-5-13(11-26-19)15-10-16(21(23,24)25)31(30-15)18-7-6-17(28-29-18)27-20(32)12-3-2-4-14(22)9-12;7-5-2-1-4(3-8-5)6(9)10/h2-14H,1H3,(H,33,34,38);2-11H,1H3,(H,27,28,32);1-3,9-10H. The minimum atomic E-state index is -4.73. The maximum atomic E-state index is 13.8. The van der Waals surface area contributed by atoms with Crippen molar-refractivity contribution in [2.75, 3.05) is 24.9 Å². The number of nitrogens with one attached hydrogen (secondary N) is 2. The lowest BCUT2D eigenvalue weighted by atomic mass is 9.82. The molecule has 82 heavy (non-hydrogen) atoms. The topological polar surface area (TPSA) is 256 Å². The number of hydrogen-bond donors (Lipinski definition) is 4. The zero-order chi connectivity index (χ0) is 58.7. The summed E-state index contributed by atoms with van der Waals surface area (Å²) in [6, 6.07) is 31.3. The van der Waals surface area contributed by atoms with Crippen LogP contribution in [0.25, 0.3) is 45.3 Å². The summed E-state index contributed by atoms with van der Waals surface area (Å²) in [6.45, 7) is 0. The third-order valence-corrected chi connectivity index (χ3v) is 11.5. The fourth-order valence-electron chi connectivity index (χ4n) is 7.05. The summed E-state index contributed by atoms with van der Waals surface area (Å²) in [5, 5.41) is 45.5. The molecule has 0 saturated heterocycles. The fourth-order valence-corrected chi connectivity index (χ4v) is 7.44. The van der Waals surface area contributed by atoms with Crippen molar-refractivity contribution in [1.82, 2.24) is 59.9 Å². The molecule has 8 heterocycles. The van der Waals surface area contributed by atoms with Gasteiger partial charge in [0.15, 0.2) is 34.7 Å². The largest absolute Gasteiger partial charge is 0.490 e. The van der Waals surface area contributed by atoms with Crippen LogP contribution in [0.4, 0.5) is 46.8 Å². The Morgan fingerprint density at radius 3 is 1.38 bits per heavy atom. The predicted molar refractivity (Wildman–Crippen MR) is 282 cm³/mol. The molecule has 30 heteroatoms. The number of hydrogen-bond acceptors (Lipinski definition) is 16. The molecule has 0 fully saturated rings. The summed E-state index contributed by atoms with van der Waals surface area (Å²) >= 11 is 3.28. The van der Waals surface area contributed by atoms with E-state index < -0.39 is 54.6 Å². The number of benzene rings is 2. The number of aromatic nitrogens is 12. The fraction of sp³-hybridized carbons (Fsp3) is 0.0769. The highest BCUT2D eigenvalue weighted by Crippen LogP contribution is 2.36. The van der Waals surface area contributed by atoms with E-state index in [-0.39, 0.29) is 45.7 Å². The van der Waals surface area contributed by atoms with Crippen LogP contribution in [-0.2, 0) is 12.4 Å². The van der Waals surface area contributed by atoms with E-state index >= 15 is 0 Å². The summed E-state index contributed by atoms with van der Waals surface area (Å²) in [5.41, 5.74) is 0.755. The zero-order valence-corrected chi connectivity index (χ0v) is 43.5. The van der Waals surface area contributed by atoms with Crippen LogP contribution in [-0.4, -0.2) is 103 Å². The summed E-state index contributed by atoms with van der Waals surface area (Å²) in [4.78, 5) is 39.9. The molecule has 0 bridgehead atoms. The quantitative estimate of drug-likeness (QED) is 0.0506. The van der Waals surface area contributed by atoms with Crippen molar-refractivity contribution in [2.45, 2.75) is 12.4 Å². The molecule has 4 N–H and O–H groups in total. The Morgan fingerprint density at radius 2 is 0.988 bits per heavy atom. The van der Waals surface area contributed by atoms with E-state index in [1.165, 1.54) is 93.5 Å². The van der Waals surface area contributed by atoms with Crippen molar-refractivity contribution in [2.24, 2.45) is 0 Å². The summed E-state index contributed by atoms with van der Waals surface area (Å²) in [5.74, 6) is -1.90. The number of nitrogens with zero attached hydrogens (tertiary/aromatic N) is 12. The smallest absolute Gasteiger partial charge is 0.481 e. The van der Waals surface area contributed by atoms with Gasteiger partial charge in [-0.25, -0.2) is 29.3 Å². The van der Waals surface area contributed by atoms with E-state index in [0.29, 0.717) is 48.9 Å². The molecule has 0 atom stereocenters. The van der Waals surface area contributed by atoms with Crippen molar-refractivity contribution < 1.29 is 64.2 Å². The number of amides is 2. The number of methoxy groups -OCH3 is 2. The number of carbonyl (C=O) groups is 2. The van der Waals surface area contributed by atoms with Gasteiger partial charge in [0.1, 0.15) is 0 Å². The Morgan fingerprint density at radius 1 is 0.524 bits per heavy atom. The van der Waals surface area contributed by atoms with Crippen LogP contribution in [0, 0.1) is 11.9 Å². The Balaban J connectivity index is 0.000000185. The lowest BCUT2D eigenvalue weighted by Gasteiger charge is -2.10. The molecule has 8 aromatic heterocycles. The van der Waals surface area contributed by atoms with Gasteiger partial charge in [0.25, 0.3) is 11.8 Å². The molecule has 10 aromatic rings. The molecule has 2 aromatic carbocycles. The first kappa shape index (κ1) is 58.2. The average molecular weight is 1200 g/mol. The lowest BCUT2D eigenvalue weighted by Crippen LogP contribution is -2.30. The van der Waals surface area contributed by atoms with Gasteiger partial charge >= 0.3 is 19.5 Å². The van der Waals surface area contributed by atoms with Crippen LogP contribution >= 0.6 is 15.9 Å². The number of halogens is 9. The van der Waals surface area contributed by atoms with Gasteiger partial charge in [-0.3, -0.25) is 9.59 Å². The molecule has 0 saturated carbocycles. The number of anilines is 2. The maximum absolute atomic E-state index is 13.8. The second-order valence-corrected chi connectivity index (χ2v) is 17.5. The molecule has 0 aliphatic heterocycles. The first-order valence-corrected chi connectivity index (χ1v) is 24.1. The van der Waals surface area contributed by atoms with Gasteiger partial charge in [0.05, 0.1) is 25.6 Å². The molecule has 10 rings (SSSR count). The summed E-state index contributed by atoms with van der Waals surface area (Å²) in [7, 11) is 1.28. The Hall–Kier alpha value is -9.94. The van der Waals surface area contributed by atoms with Crippen molar-refractivity contribution in [3.05, 3.63) is 197 Å². The molecule has 20 nitrogen and oxygen atoms in total. The second-order valence-electron chi connectivity index (χ2n) is 16.5. The van der Waals surface area contributed by atoms with Gasteiger partial charge in [0.2, 0.25) is 23.7 Å². The van der Waals surface area contributed by atoms with Crippen molar-refractivity contribution >= 4 is 52.0 Å². The van der Waals surface area contributed by atoms with Gasteiger partial charge in [-0.2, -0.15) is 45.3 Å². The number of ether oxygens (including phenoxy) is 2. The van der Waals surface area contributed by atoms with Crippen LogP contribution < -0.4 is 25.6 Å². The van der Waals surface area contributed by atoms with Crippen LogP contribution in [0.15, 0.2) is 163 Å². The predicted octanol–water partition coefficient (Wildman–Crippen LogP) is 8.87. The molecule has 0 spiro atoms. The molecule has 0 aliphatic carbocycles. The van der Waals surface area contributed by atoms with Crippen LogP contribution in [0.2, 0.25) is 0 Å². The SMILES string of the molecule is COc1ccc(-c2cc(C(F)(F)F)n(-c3ccc(NC(=O)c4cccc(-c5ccc(F)nc5)c4)nn3)n2)cn1.COc1ccc(-c2cc(C(F)(F)F)n(-c3ccc(NC(=O)c4cccc(Br)c4)nn3)n2)cn1.OB(O)c1ccc(F)nc1.